The minimum Gasteiger partial charge on any atom is -0.349 e. The van der Waals surface area contributed by atoms with E-state index >= 15 is 0 Å². The number of nitrogens with zero attached hydrogens (tertiary/aromatic N) is 3. The summed E-state index contributed by atoms with van der Waals surface area (Å²) in [5.41, 5.74) is 2.01. The molecule has 1 aliphatic heterocycles. The van der Waals surface area contributed by atoms with Crippen molar-refractivity contribution in [1.82, 2.24) is 20.4 Å². The Labute approximate surface area is 205 Å². The second kappa shape index (κ2) is 11.1. The van der Waals surface area contributed by atoms with Crippen molar-refractivity contribution in [2.24, 2.45) is 5.92 Å². The number of aromatic nitrogens is 2. The highest BCUT2D eigenvalue weighted by Crippen LogP contribution is 2.30. The van der Waals surface area contributed by atoms with Crippen LogP contribution in [0.1, 0.15) is 73.3 Å². The van der Waals surface area contributed by atoms with Gasteiger partial charge in [0.15, 0.2) is 5.82 Å². The molecule has 6 nitrogen and oxygen atoms in total. The van der Waals surface area contributed by atoms with Gasteiger partial charge >= 0.3 is 0 Å². The van der Waals surface area contributed by atoms with Gasteiger partial charge in [0, 0.05) is 24.8 Å². The Bertz CT molecular complexity index is 1110. The quantitative estimate of drug-likeness (QED) is 0.469. The number of hydrogen-bond acceptors (Lipinski definition) is 5. The molecule has 5 rings (SSSR count). The number of hydrogen-bond donors (Lipinski definition) is 1. The van der Waals surface area contributed by atoms with Crippen LogP contribution in [-0.4, -0.2) is 40.6 Å². The zero-order valence-electron chi connectivity index (χ0n) is 20.0. The lowest BCUT2D eigenvalue weighted by molar-refractivity contribution is -0.128. The van der Waals surface area contributed by atoms with Crippen LogP contribution in [0.25, 0.3) is 0 Å². The second-order valence-corrected chi connectivity index (χ2v) is 9.86. The van der Waals surface area contributed by atoms with Crippen molar-refractivity contribution < 1.29 is 13.7 Å². The monoisotopic (exact) mass is 476 g/mol. The first-order chi connectivity index (χ1) is 17.1. The van der Waals surface area contributed by atoms with Crippen LogP contribution in [-0.2, 0) is 11.2 Å². The van der Waals surface area contributed by atoms with Crippen LogP contribution in [0.3, 0.4) is 0 Å². The van der Waals surface area contributed by atoms with Crippen molar-refractivity contribution in [3.63, 3.8) is 0 Å². The van der Waals surface area contributed by atoms with E-state index in [1.165, 1.54) is 11.6 Å². The molecule has 1 aromatic heterocycles. The van der Waals surface area contributed by atoms with Gasteiger partial charge in [0.2, 0.25) is 11.8 Å². The molecule has 2 aliphatic rings. The normalized spacial score (nSPS) is 18.2. The first-order valence-electron chi connectivity index (χ1n) is 12.8. The van der Waals surface area contributed by atoms with Gasteiger partial charge in [0.05, 0.1) is 6.04 Å². The van der Waals surface area contributed by atoms with Gasteiger partial charge in [-0.05, 0) is 68.5 Å². The smallest absolute Gasteiger partial charge is 0.229 e. The molecule has 1 atom stereocenters. The summed E-state index contributed by atoms with van der Waals surface area (Å²) in [6, 6.07) is 16.6. The average Bonchev–Trinajstić information content (AvgIpc) is 3.30. The minimum atomic E-state index is -0.266. The van der Waals surface area contributed by atoms with E-state index in [2.05, 4.69) is 32.5 Å². The van der Waals surface area contributed by atoms with Crippen LogP contribution < -0.4 is 5.32 Å². The van der Waals surface area contributed by atoms with E-state index in [0.29, 0.717) is 6.42 Å². The maximum Gasteiger partial charge on any atom is 0.229 e. The van der Waals surface area contributed by atoms with Crippen molar-refractivity contribution >= 4 is 5.91 Å². The van der Waals surface area contributed by atoms with Crippen LogP contribution in [0.2, 0.25) is 0 Å². The standard InChI is InChI=1S/C28H33FN4O2/c29-24-11-5-10-23(19-24)25(30-27(34)21-8-4-9-21)14-17-33-15-12-22(13-16-33)28-31-26(32-35-28)18-20-6-2-1-3-7-20/h1-3,5-7,10-11,19,21-22,25H,4,8-9,12-18H2,(H,30,34). The average molecular weight is 477 g/mol. The Hall–Kier alpha value is -3.06. The molecule has 1 amide bonds. The maximum absolute atomic E-state index is 13.9. The number of carbonyl (C=O) groups is 1. The number of rotatable bonds is 9. The van der Waals surface area contributed by atoms with Crippen LogP contribution >= 0.6 is 0 Å². The highest BCUT2D eigenvalue weighted by Gasteiger charge is 2.29. The van der Waals surface area contributed by atoms with Crippen molar-refractivity contribution in [1.29, 1.82) is 0 Å². The van der Waals surface area contributed by atoms with Gasteiger partial charge in [-0.15, -0.1) is 0 Å². The number of piperidine rings is 1. The molecule has 3 aromatic rings. The van der Waals surface area contributed by atoms with Gasteiger partial charge in [0.25, 0.3) is 0 Å². The van der Waals surface area contributed by atoms with E-state index in [1.807, 2.05) is 24.3 Å². The molecule has 1 saturated carbocycles. The van der Waals surface area contributed by atoms with E-state index < -0.39 is 0 Å². The van der Waals surface area contributed by atoms with E-state index in [-0.39, 0.29) is 29.6 Å². The van der Waals surface area contributed by atoms with E-state index in [9.17, 15) is 9.18 Å². The fourth-order valence-electron chi connectivity index (χ4n) is 5.00. The largest absolute Gasteiger partial charge is 0.349 e. The molecular formula is C28H33FN4O2. The topological polar surface area (TPSA) is 71.3 Å². The van der Waals surface area contributed by atoms with Crippen molar-refractivity contribution in [3.05, 3.63) is 83.3 Å². The van der Waals surface area contributed by atoms with Gasteiger partial charge in [-0.1, -0.05) is 54.0 Å². The van der Waals surface area contributed by atoms with Crippen LogP contribution in [0.15, 0.2) is 59.1 Å². The van der Waals surface area contributed by atoms with Crippen LogP contribution in [0.5, 0.6) is 0 Å². The molecule has 7 heteroatoms. The molecular weight excluding hydrogens is 443 g/mol. The summed E-state index contributed by atoms with van der Waals surface area (Å²) in [6.45, 7) is 2.73. The summed E-state index contributed by atoms with van der Waals surface area (Å²) in [6.07, 6.45) is 6.39. The summed E-state index contributed by atoms with van der Waals surface area (Å²) in [7, 11) is 0. The lowest BCUT2D eigenvalue weighted by Gasteiger charge is -2.32. The summed E-state index contributed by atoms with van der Waals surface area (Å²) in [5.74, 6) is 1.70. The Kier molecular flexibility index (Phi) is 7.52. The molecule has 0 radical (unpaired) electrons. The molecule has 1 unspecified atom stereocenters. The van der Waals surface area contributed by atoms with Gasteiger partial charge in [-0.3, -0.25) is 4.79 Å². The van der Waals surface area contributed by atoms with Crippen molar-refractivity contribution in [3.8, 4) is 0 Å². The Morgan fingerprint density at radius 2 is 1.89 bits per heavy atom. The number of likely N-dealkylation sites (tertiary alicyclic amines) is 1. The number of halogens is 1. The summed E-state index contributed by atoms with van der Waals surface area (Å²) in [4.78, 5) is 19.7. The molecule has 2 fully saturated rings. The highest BCUT2D eigenvalue weighted by molar-refractivity contribution is 5.79. The molecule has 1 saturated heterocycles. The number of amides is 1. The predicted octanol–water partition coefficient (Wildman–Crippen LogP) is 5.03. The fraction of sp³-hybridized carbons (Fsp3) is 0.464. The third-order valence-electron chi connectivity index (χ3n) is 7.40. The third-order valence-corrected chi connectivity index (χ3v) is 7.40. The summed E-state index contributed by atoms with van der Waals surface area (Å²) in [5, 5.41) is 7.38. The van der Waals surface area contributed by atoms with E-state index in [1.54, 1.807) is 12.1 Å². The number of carbonyl (C=O) groups excluding carboxylic acids is 1. The van der Waals surface area contributed by atoms with E-state index in [0.717, 1.165) is 75.4 Å². The Morgan fingerprint density at radius 3 is 2.60 bits per heavy atom. The SMILES string of the molecule is O=C(NC(CCN1CCC(c2nc(Cc3ccccc3)no2)CC1)c1cccc(F)c1)C1CCC1. The predicted molar refractivity (Wildman–Crippen MR) is 131 cm³/mol. The second-order valence-electron chi connectivity index (χ2n) is 9.86. The van der Waals surface area contributed by atoms with Gasteiger partial charge < -0.3 is 14.7 Å². The zero-order valence-corrected chi connectivity index (χ0v) is 20.0. The highest BCUT2D eigenvalue weighted by atomic mass is 19.1. The van der Waals surface area contributed by atoms with Gasteiger partial charge in [-0.2, -0.15) is 4.98 Å². The third kappa shape index (κ3) is 6.14. The molecule has 2 aromatic carbocycles. The number of nitrogens with one attached hydrogen (secondary N) is 1. The molecule has 0 spiro atoms. The maximum atomic E-state index is 13.9. The molecule has 1 aliphatic carbocycles. The van der Waals surface area contributed by atoms with Gasteiger partial charge in [0.1, 0.15) is 5.82 Å². The van der Waals surface area contributed by atoms with Crippen LogP contribution in [0.4, 0.5) is 4.39 Å². The van der Waals surface area contributed by atoms with Crippen molar-refractivity contribution in [2.75, 3.05) is 19.6 Å². The summed E-state index contributed by atoms with van der Waals surface area (Å²) < 4.78 is 19.5. The lowest BCUT2D eigenvalue weighted by Crippen LogP contribution is -2.39. The minimum absolute atomic E-state index is 0.104. The first-order valence-corrected chi connectivity index (χ1v) is 12.8. The van der Waals surface area contributed by atoms with Gasteiger partial charge in [-0.25, -0.2) is 4.39 Å². The molecule has 2 heterocycles. The van der Waals surface area contributed by atoms with E-state index in [4.69, 9.17) is 4.52 Å². The zero-order chi connectivity index (χ0) is 24.0. The number of benzene rings is 2. The molecule has 35 heavy (non-hydrogen) atoms. The van der Waals surface area contributed by atoms with Crippen LogP contribution in [0, 0.1) is 11.7 Å². The first kappa shape index (κ1) is 23.7. The fourth-order valence-corrected chi connectivity index (χ4v) is 5.00. The lowest BCUT2D eigenvalue weighted by atomic mass is 9.84. The van der Waals surface area contributed by atoms with Crippen molar-refractivity contribution in [2.45, 2.75) is 56.9 Å². The molecule has 0 bridgehead atoms. The summed E-state index contributed by atoms with van der Waals surface area (Å²) >= 11 is 0. The Morgan fingerprint density at radius 1 is 1.09 bits per heavy atom. The molecule has 1 N–H and O–H groups in total. The molecule has 184 valence electrons. The Balaban J connectivity index is 1.13.